The summed E-state index contributed by atoms with van der Waals surface area (Å²) in [4.78, 5) is 25.2. The minimum Gasteiger partial charge on any atom is -0.484 e. The van der Waals surface area contributed by atoms with Crippen LogP contribution in [0.5, 0.6) is 5.75 Å². The summed E-state index contributed by atoms with van der Waals surface area (Å²) in [5, 5.41) is 12.9. The highest BCUT2D eigenvalue weighted by atomic mass is 35.5. The summed E-state index contributed by atoms with van der Waals surface area (Å²) in [5.41, 5.74) is 7.73. The standard InChI is InChI=1S/C26H24ClN3O4/c1-26(2)11-20(31)24-21(12-26)34-25(29)17(13-28)23(24)15-7-9-16(10-8-15)33-14-22(32)30-19-6-4-3-5-18(19)27/h3-10,23H,11-12,14,29H2,1-2H3,(H,30,32). The molecule has 0 saturated carbocycles. The molecular weight excluding hydrogens is 454 g/mol. The minimum absolute atomic E-state index is 0.0216. The molecule has 0 aromatic heterocycles. The molecule has 1 heterocycles. The number of hydrogen-bond acceptors (Lipinski definition) is 6. The molecule has 0 spiro atoms. The Morgan fingerprint density at radius 1 is 1.24 bits per heavy atom. The van der Waals surface area contributed by atoms with E-state index in [1.165, 1.54) is 0 Å². The highest BCUT2D eigenvalue weighted by Gasteiger charge is 2.42. The largest absolute Gasteiger partial charge is 0.484 e. The first-order chi connectivity index (χ1) is 16.2. The van der Waals surface area contributed by atoms with Crippen LogP contribution in [0.3, 0.4) is 0 Å². The van der Waals surface area contributed by atoms with E-state index in [4.69, 9.17) is 26.8 Å². The zero-order valence-corrected chi connectivity index (χ0v) is 19.6. The zero-order chi connectivity index (χ0) is 24.5. The van der Waals surface area contributed by atoms with Crippen LogP contribution < -0.4 is 15.8 Å². The van der Waals surface area contributed by atoms with Crippen LogP contribution in [0, 0.1) is 16.7 Å². The lowest BCUT2D eigenvalue weighted by molar-refractivity contribution is -0.119. The van der Waals surface area contributed by atoms with E-state index in [0.29, 0.717) is 40.6 Å². The summed E-state index contributed by atoms with van der Waals surface area (Å²) in [6.45, 7) is 3.79. The quantitative estimate of drug-likeness (QED) is 0.638. The van der Waals surface area contributed by atoms with Gasteiger partial charge in [-0.05, 0) is 35.2 Å². The molecule has 0 saturated heterocycles. The molecule has 4 rings (SSSR count). The number of ether oxygens (including phenoxy) is 2. The molecular formula is C26H24ClN3O4. The van der Waals surface area contributed by atoms with Crippen LogP contribution in [0.1, 0.15) is 38.2 Å². The number of benzene rings is 2. The number of hydrogen-bond donors (Lipinski definition) is 2. The number of nitrogens with one attached hydrogen (secondary N) is 1. The van der Waals surface area contributed by atoms with E-state index in [-0.39, 0.29) is 35.2 Å². The van der Waals surface area contributed by atoms with Crippen molar-refractivity contribution in [2.45, 2.75) is 32.6 Å². The molecule has 3 N–H and O–H groups in total. The molecule has 2 aromatic rings. The van der Waals surface area contributed by atoms with Crippen molar-refractivity contribution in [3.63, 3.8) is 0 Å². The van der Waals surface area contributed by atoms with E-state index in [0.717, 1.165) is 5.56 Å². The van der Waals surface area contributed by atoms with Gasteiger partial charge in [-0.2, -0.15) is 5.26 Å². The number of ketones is 1. The van der Waals surface area contributed by atoms with E-state index in [1.807, 2.05) is 13.8 Å². The first-order valence-electron chi connectivity index (χ1n) is 10.8. The van der Waals surface area contributed by atoms with E-state index in [9.17, 15) is 14.9 Å². The highest BCUT2D eigenvalue weighted by molar-refractivity contribution is 6.33. The molecule has 1 amide bonds. The lowest BCUT2D eigenvalue weighted by Gasteiger charge is -2.37. The Balaban J connectivity index is 1.52. The Hall–Kier alpha value is -3.76. The maximum Gasteiger partial charge on any atom is 0.262 e. The van der Waals surface area contributed by atoms with Crippen molar-refractivity contribution in [2.75, 3.05) is 11.9 Å². The SMILES string of the molecule is CC1(C)CC(=O)C2=C(C1)OC(N)=C(C#N)C2c1ccc(OCC(=O)Nc2ccccc2Cl)cc1. The average Bonchev–Trinajstić information content (AvgIpc) is 2.78. The number of anilines is 1. The van der Waals surface area contributed by atoms with E-state index in [1.54, 1.807) is 48.5 Å². The highest BCUT2D eigenvalue weighted by Crippen LogP contribution is 2.47. The summed E-state index contributed by atoms with van der Waals surface area (Å²) in [5.74, 6) is 0.0100. The van der Waals surface area contributed by atoms with E-state index >= 15 is 0 Å². The number of para-hydroxylation sites is 1. The summed E-state index contributed by atoms with van der Waals surface area (Å²) in [6.07, 6.45) is 0.928. The lowest BCUT2D eigenvalue weighted by Crippen LogP contribution is -2.33. The van der Waals surface area contributed by atoms with Gasteiger partial charge in [0.25, 0.3) is 5.91 Å². The van der Waals surface area contributed by atoms with Gasteiger partial charge in [-0.25, -0.2) is 0 Å². The fourth-order valence-corrected chi connectivity index (χ4v) is 4.46. The number of nitriles is 1. The van der Waals surface area contributed by atoms with Gasteiger partial charge in [0.05, 0.1) is 16.6 Å². The number of Topliss-reactive ketones (excluding diaryl/α,β-unsaturated/α-hetero) is 1. The Kier molecular flexibility index (Phi) is 6.36. The lowest BCUT2D eigenvalue weighted by atomic mass is 9.70. The maximum absolute atomic E-state index is 13.0. The average molecular weight is 478 g/mol. The predicted octanol–water partition coefficient (Wildman–Crippen LogP) is 4.81. The van der Waals surface area contributed by atoms with Gasteiger partial charge in [0.15, 0.2) is 12.4 Å². The monoisotopic (exact) mass is 477 g/mol. The topological polar surface area (TPSA) is 114 Å². The van der Waals surface area contributed by atoms with Crippen molar-refractivity contribution in [3.8, 4) is 11.8 Å². The van der Waals surface area contributed by atoms with Crippen LogP contribution in [0.4, 0.5) is 5.69 Å². The van der Waals surface area contributed by atoms with Crippen LogP contribution in [-0.4, -0.2) is 18.3 Å². The number of nitrogens with zero attached hydrogens (tertiary/aromatic N) is 1. The third kappa shape index (κ3) is 4.78. The van der Waals surface area contributed by atoms with Crippen molar-refractivity contribution >= 4 is 29.0 Å². The number of nitrogens with two attached hydrogens (primary N) is 1. The maximum atomic E-state index is 13.0. The second-order valence-electron chi connectivity index (χ2n) is 9.09. The van der Waals surface area contributed by atoms with Gasteiger partial charge in [-0.1, -0.05) is 49.7 Å². The summed E-state index contributed by atoms with van der Waals surface area (Å²) < 4.78 is 11.3. The molecule has 174 valence electrons. The van der Waals surface area contributed by atoms with Gasteiger partial charge in [0, 0.05) is 18.4 Å². The van der Waals surface area contributed by atoms with Crippen LogP contribution in [0.2, 0.25) is 5.02 Å². The van der Waals surface area contributed by atoms with Crippen molar-refractivity contribution in [3.05, 3.63) is 81.9 Å². The van der Waals surface area contributed by atoms with Crippen LogP contribution in [0.15, 0.2) is 71.3 Å². The summed E-state index contributed by atoms with van der Waals surface area (Å²) in [7, 11) is 0. The van der Waals surface area contributed by atoms with Gasteiger partial charge < -0.3 is 20.5 Å². The first kappa shape index (κ1) is 23.4. The number of rotatable bonds is 5. The molecule has 0 fully saturated rings. The Bertz CT molecular complexity index is 1260. The molecule has 7 nitrogen and oxygen atoms in total. The number of allylic oxidation sites excluding steroid dienone is 3. The minimum atomic E-state index is -0.602. The van der Waals surface area contributed by atoms with Gasteiger partial charge >= 0.3 is 0 Å². The first-order valence-corrected chi connectivity index (χ1v) is 11.2. The van der Waals surface area contributed by atoms with Gasteiger partial charge in [-0.15, -0.1) is 0 Å². The molecule has 1 atom stereocenters. The molecule has 8 heteroatoms. The van der Waals surface area contributed by atoms with E-state index in [2.05, 4.69) is 11.4 Å². The third-order valence-corrected chi connectivity index (χ3v) is 6.14. The third-order valence-electron chi connectivity index (χ3n) is 5.81. The molecule has 1 aliphatic carbocycles. The number of carbonyl (C=O) groups is 2. The van der Waals surface area contributed by atoms with Gasteiger partial charge in [0.2, 0.25) is 5.88 Å². The van der Waals surface area contributed by atoms with Crippen LogP contribution in [0.25, 0.3) is 0 Å². The molecule has 34 heavy (non-hydrogen) atoms. The molecule has 0 radical (unpaired) electrons. The van der Waals surface area contributed by atoms with E-state index < -0.39 is 5.92 Å². The Labute approximate surface area is 202 Å². The van der Waals surface area contributed by atoms with Crippen molar-refractivity contribution < 1.29 is 19.1 Å². The van der Waals surface area contributed by atoms with Crippen molar-refractivity contribution in [2.24, 2.45) is 11.1 Å². The molecule has 2 aromatic carbocycles. The number of halogens is 1. The Morgan fingerprint density at radius 3 is 2.62 bits per heavy atom. The van der Waals surface area contributed by atoms with Crippen molar-refractivity contribution in [1.82, 2.24) is 0 Å². The van der Waals surface area contributed by atoms with Gasteiger partial charge in [0.1, 0.15) is 23.2 Å². The fraction of sp³-hybridized carbons (Fsp3) is 0.269. The molecule has 0 bridgehead atoms. The second kappa shape index (κ2) is 9.24. The molecule has 1 aliphatic heterocycles. The summed E-state index contributed by atoms with van der Waals surface area (Å²) >= 11 is 6.06. The molecule has 2 aliphatic rings. The zero-order valence-electron chi connectivity index (χ0n) is 18.9. The Morgan fingerprint density at radius 2 is 1.94 bits per heavy atom. The fourth-order valence-electron chi connectivity index (χ4n) is 4.27. The smallest absolute Gasteiger partial charge is 0.262 e. The summed E-state index contributed by atoms with van der Waals surface area (Å²) in [6, 6.07) is 15.9. The number of amides is 1. The van der Waals surface area contributed by atoms with Crippen LogP contribution >= 0.6 is 11.6 Å². The normalized spacial score (nSPS) is 19.1. The van der Waals surface area contributed by atoms with Gasteiger partial charge in [-0.3, -0.25) is 9.59 Å². The predicted molar refractivity (Wildman–Crippen MR) is 128 cm³/mol. The molecule has 1 unspecified atom stereocenters. The van der Waals surface area contributed by atoms with Crippen LogP contribution in [-0.2, 0) is 14.3 Å². The number of carbonyl (C=O) groups excluding carboxylic acids is 2. The second-order valence-corrected chi connectivity index (χ2v) is 9.50. The van der Waals surface area contributed by atoms with Crippen molar-refractivity contribution in [1.29, 1.82) is 5.26 Å².